The standard InChI is InChI=1S/C21H23FN4O4S2/c1-13(27)26-10-2-3-15(26)12-30-25-19(20(28)24-21-23-11-18(22)31-21)14-4-6-16(7-5-14)32(29)17-8-9-17/h4-7,11,15,17H,2-3,8-10,12H2,1H3,(H,23,24,28)/b25-19+/t15-,32?/m0/s1. The lowest BCUT2D eigenvalue weighted by Crippen LogP contribution is -2.36. The number of likely N-dealkylation sites (tertiary alicyclic amines) is 1. The molecule has 1 N–H and O–H groups in total. The molecule has 32 heavy (non-hydrogen) atoms. The monoisotopic (exact) mass is 478 g/mol. The molecule has 2 heterocycles. The third-order valence-corrected chi connectivity index (χ3v) is 7.82. The Morgan fingerprint density at radius 2 is 2.06 bits per heavy atom. The Labute approximate surface area is 191 Å². The number of aromatic nitrogens is 1. The highest BCUT2D eigenvalue weighted by Gasteiger charge is 2.30. The molecule has 0 bridgehead atoms. The van der Waals surface area contributed by atoms with Gasteiger partial charge in [0.2, 0.25) is 5.91 Å². The van der Waals surface area contributed by atoms with E-state index in [1.54, 1.807) is 29.2 Å². The van der Waals surface area contributed by atoms with Crippen molar-refractivity contribution >= 4 is 44.8 Å². The molecule has 1 unspecified atom stereocenters. The van der Waals surface area contributed by atoms with Crippen molar-refractivity contribution in [1.29, 1.82) is 0 Å². The van der Waals surface area contributed by atoms with Gasteiger partial charge in [0.25, 0.3) is 5.91 Å². The number of carbonyl (C=O) groups excluding carboxylic acids is 2. The summed E-state index contributed by atoms with van der Waals surface area (Å²) in [5.74, 6) is -0.631. The average Bonchev–Trinajstić information content (AvgIpc) is 3.38. The number of nitrogens with one attached hydrogen (secondary N) is 1. The molecule has 2 aromatic rings. The van der Waals surface area contributed by atoms with Crippen LogP contribution >= 0.6 is 11.3 Å². The number of amides is 2. The largest absolute Gasteiger partial charge is 0.393 e. The van der Waals surface area contributed by atoms with Crippen molar-refractivity contribution in [2.75, 3.05) is 18.5 Å². The molecule has 0 spiro atoms. The van der Waals surface area contributed by atoms with Crippen LogP contribution < -0.4 is 5.32 Å². The first-order valence-corrected chi connectivity index (χ1v) is 12.4. The quantitative estimate of drug-likeness (QED) is 0.464. The molecule has 2 amide bonds. The van der Waals surface area contributed by atoms with Crippen LogP contribution in [0.15, 0.2) is 40.5 Å². The van der Waals surface area contributed by atoms with Gasteiger partial charge in [-0.1, -0.05) is 28.6 Å². The van der Waals surface area contributed by atoms with Crippen molar-refractivity contribution in [3.05, 3.63) is 41.2 Å². The molecule has 1 saturated carbocycles. The van der Waals surface area contributed by atoms with Crippen LogP contribution in [0.1, 0.15) is 38.2 Å². The van der Waals surface area contributed by atoms with Gasteiger partial charge in [-0.05, 0) is 37.8 Å². The Morgan fingerprint density at radius 1 is 1.31 bits per heavy atom. The lowest BCUT2D eigenvalue weighted by molar-refractivity contribution is -0.130. The van der Waals surface area contributed by atoms with Gasteiger partial charge in [-0.25, -0.2) is 4.98 Å². The average molecular weight is 479 g/mol. The van der Waals surface area contributed by atoms with E-state index in [0.717, 1.165) is 31.9 Å². The summed E-state index contributed by atoms with van der Waals surface area (Å²) < 4.78 is 25.6. The normalized spacial score (nSPS) is 19.6. The second kappa shape index (κ2) is 9.86. The lowest BCUT2D eigenvalue weighted by Gasteiger charge is -2.22. The molecular formula is C21H23FN4O4S2. The predicted molar refractivity (Wildman–Crippen MR) is 119 cm³/mol. The number of hydrogen-bond acceptors (Lipinski definition) is 7. The van der Waals surface area contributed by atoms with Crippen molar-refractivity contribution in [3.8, 4) is 0 Å². The first-order chi connectivity index (χ1) is 15.4. The molecule has 2 fully saturated rings. The summed E-state index contributed by atoms with van der Waals surface area (Å²) in [6.07, 6.45) is 4.63. The molecule has 11 heteroatoms. The molecule has 2 aliphatic rings. The number of carbonyl (C=O) groups is 2. The van der Waals surface area contributed by atoms with Crippen LogP contribution in [0, 0.1) is 5.13 Å². The van der Waals surface area contributed by atoms with E-state index in [1.807, 2.05) is 0 Å². The molecule has 4 rings (SSSR count). The van der Waals surface area contributed by atoms with E-state index in [0.29, 0.717) is 28.3 Å². The highest BCUT2D eigenvalue weighted by Crippen LogP contribution is 2.30. The fraction of sp³-hybridized carbons (Fsp3) is 0.429. The van der Waals surface area contributed by atoms with Crippen LogP contribution in [-0.2, 0) is 25.2 Å². The maximum Gasteiger partial charge on any atom is 0.280 e. The molecule has 8 nitrogen and oxygen atoms in total. The van der Waals surface area contributed by atoms with E-state index >= 15 is 0 Å². The first kappa shape index (κ1) is 22.5. The highest BCUT2D eigenvalue weighted by atomic mass is 32.2. The van der Waals surface area contributed by atoms with E-state index in [2.05, 4.69) is 15.5 Å². The Kier molecular flexibility index (Phi) is 6.95. The Bertz CT molecular complexity index is 1050. The summed E-state index contributed by atoms with van der Waals surface area (Å²) in [6, 6.07) is 6.65. The number of benzene rings is 1. The van der Waals surface area contributed by atoms with Gasteiger partial charge in [-0.3, -0.25) is 19.1 Å². The van der Waals surface area contributed by atoms with Crippen LogP contribution in [0.25, 0.3) is 0 Å². The number of thiazole rings is 1. The van der Waals surface area contributed by atoms with E-state index in [-0.39, 0.29) is 34.6 Å². The fourth-order valence-electron chi connectivity index (χ4n) is 3.53. The zero-order valence-electron chi connectivity index (χ0n) is 17.5. The van der Waals surface area contributed by atoms with E-state index in [4.69, 9.17) is 4.84 Å². The van der Waals surface area contributed by atoms with Gasteiger partial charge in [0, 0.05) is 29.2 Å². The van der Waals surface area contributed by atoms with Crippen LogP contribution in [0.5, 0.6) is 0 Å². The second-order valence-electron chi connectivity index (χ2n) is 7.69. The highest BCUT2D eigenvalue weighted by molar-refractivity contribution is 7.86. The Hall–Kier alpha value is -2.66. The molecule has 1 aromatic heterocycles. The first-order valence-electron chi connectivity index (χ1n) is 10.3. The number of rotatable bonds is 8. The minimum Gasteiger partial charge on any atom is -0.393 e. The van der Waals surface area contributed by atoms with Gasteiger partial charge < -0.3 is 9.74 Å². The van der Waals surface area contributed by atoms with Crippen molar-refractivity contribution in [2.45, 2.75) is 48.8 Å². The smallest absolute Gasteiger partial charge is 0.280 e. The zero-order chi connectivity index (χ0) is 22.7. The third-order valence-electron chi connectivity index (χ3n) is 5.30. The van der Waals surface area contributed by atoms with Crippen molar-refractivity contribution in [1.82, 2.24) is 9.88 Å². The lowest BCUT2D eigenvalue weighted by atomic mass is 10.1. The van der Waals surface area contributed by atoms with Crippen molar-refractivity contribution < 1.29 is 23.0 Å². The molecule has 1 aliphatic heterocycles. The van der Waals surface area contributed by atoms with Gasteiger partial charge >= 0.3 is 0 Å². The van der Waals surface area contributed by atoms with Crippen molar-refractivity contribution in [3.63, 3.8) is 0 Å². The number of oxime groups is 1. The SMILES string of the molecule is CC(=O)N1CCC[C@H]1CO/N=C(/C(=O)Nc1ncc(F)s1)c1ccc(S(=O)C2CC2)cc1. The number of nitrogens with zero attached hydrogens (tertiary/aromatic N) is 3. The zero-order valence-corrected chi connectivity index (χ0v) is 19.1. The summed E-state index contributed by atoms with van der Waals surface area (Å²) in [6.45, 7) is 2.35. The summed E-state index contributed by atoms with van der Waals surface area (Å²) in [4.78, 5) is 36.3. The third kappa shape index (κ3) is 5.39. The molecule has 1 aromatic carbocycles. The van der Waals surface area contributed by atoms with Gasteiger partial charge in [0.1, 0.15) is 6.61 Å². The number of hydrogen-bond donors (Lipinski definition) is 1. The topological polar surface area (TPSA) is 101 Å². The molecule has 1 aliphatic carbocycles. The minimum absolute atomic E-state index is 0.0169. The fourth-order valence-corrected chi connectivity index (χ4v) is 5.42. The number of halogens is 1. The van der Waals surface area contributed by atoms with Gasteiger partial charge in [-0.15, -0.1) is 0 Å². The van der Waals surface area contributed by atoms with Gasteiger partial charge in [-0.2, -0.15) is 4.39 Å². The maximum atomic E-state index is 13.3. The molecule has 1 saturated heterocycles. The summed E-state index contributed by atoms with van der Waals surface area (Å²) >= 11 is 0.703. The summed E-state index contributed by atoms with van der Waals surface area (Å²) in [5.41, 5.74) is 0.447. The Morgan fingerprint density at radius 3 is 2.69 bits per heavy atom. The van der Waals surface area contributed by atoms with E-state index < -0.39 is 21.8 Å². The molecule has 2 atom stereocenters. The Balaban J connectivity index is 1.51. The van der Waals surface area contributed by atoms with E-state index in [1.165, 1.54) is 6.92 Å². The van der Waals surface area contributed by atoms with Crippen LogP contribution in [0.4, 0.5) is 9.52 Å². The van der Waals surface area contributed by atoms with E-state index in [9.17, 15) is 18.2 Å². The minimum atomic E-state index is -1.06. The van der Waals surface area contributed by atoms with Gasteiger partial charge in [0.05, 0.1) is 23.0 Å². The molecular weight excluding hydrogens is 455 g/mol. The summed E-state index contributed by atoms with van der Waals surface area (Å²) in [7, 11) is -1.06. The van der Waals surface area contributed by atoms with Gasteiger partial charge in [0.15, 0.2) is 16.0 Å². The van der Waals surface area contributed by atoms with Crippen molar-refractivity contribution in [2.24, 2.45) is 5.16 Å². The molecule has 0 radical (unpaired) electrons. The number of anilines is 1. The second-order valence-corrected chi connectivity index (χ2v) is 10.4. The maximum absolute atomic E-state index is 13.3. The van der Waals surface area contributed by atoms with Crippen LogP contribution in [-0.4, -0.2) is 56.1 Å². The molecule has 170 valence electrons. The van der Waals surface area contributed by atoms with Crippen LogP contribution in [0.3, 0.4) is 0 Å². The summed E-state index contributed by atoms with van der Waals surface area (Å²) in [5, 5.41) is 6.36. The predicted octanol–water partition coefficient (Wildman–Crippen LogP) is 2.92. The van der Waals surface area contributed by atoms with Crippen LogP contribution in [0.2, 0.25) is 0 Å².